The maximum absolute atomic E-state index is 13.2. The number of phenols is 1. The molecule has 2 nitrogen and oxygen atoms in total. The SMILES string of the molecule is Oc1c(F)cc(CN2CCC(C(F)(F)F)CC2)cc1F. The maximum atomic E-state index is 13.2. The van der Waals surface area contributed by atoms with Crippen molar-refractivity contribution in [3.63, 3.8) is 0 Å². The van der Waals surface area contributed by atoms with Gasteiger partial charge in [0.05, 0.1) is 5.92 Å². The standard InChI is InChI=1S/C13H14F5NO/c14-10-5-8(6-11(15)12(10)20)7-19-3-1-9(2-4-19)13(16,17)18/h5-6,9,20H,1-4,7H2. The van der Waals surface area contributed by atoms with Gasteiger partial charge >= 0.3 is 6.18 Å². The summed E-state index contributed by atoms with van der Waals surface area (Å²) in [5.74, 6) is -4.47. The molecule has 0 bridgehead atoms. The number of nitrogens with zero attached hydrogens (tertiary/aromatic N) is 1. The molecular weight excluding hydrogens is 281 g/mol. The normalized spacial score (nSPS) is 18.4. The number of hydrogen-bond acceptors (Lipinski definition) is 2. The van der Waals surface area contributed by atoms with Gasteiger partial charge in [0, 0.05) is 6.54 Å². The topological polar surface area (TPSA) is 23.5 Å². The smallest absolute Gasteiger partial charge is 0.391 e. The fourth-order valence-corrected chi connectivity index (χ4v) is 2.39. The lowest BCUT2D eigenvalue weighted by atomic mass is 9.96. The van der Waals surface area contributed by atoms with Gasteiger partial charge in [-0.25, -0.2) is 8.78 Å². The summed E-state index contributed by atoms with van der Waals surface area (Å²) in [6.07, 6.45) is -4.19. The van der Waals surface area contributed by atoms with Crippen LogP contribution in [0.4, 0.5) is 22.0 Å². The Labute approximate surface area is 112 Å². The van der Waals surface area contributed by atoms with E-state index >= 15 is 0 Å². The van der Waals surface area contributed by atoms with Crippen molar-refractivity contribution in [2.45, 2.75) is 25.6 Å². The molecule has 0 unspecified atom stereocenters. The Hall–Kier alpha value is -1.37. The minimum Gasteiger partial charge on any atom is -0.503 e. The van der Waals surface area contributed by atoms with Gasteiger partial charge in [0.2, 0.25) is 0 Å². The molecule has 0 radical (unpaired) electrons. The van der Waals surface area contributed by atoms with Crippen molar-refractivity contribution in [2.24, 2.45) is 5.92 Å². The summed E-state index contributed by atoms with van der Waals surface area (Å²) in [6, 6.07) is 1.99. The largest absolute Gasteiger partial charge is 0.503 e. The molecule has 20 heavy (non-hydrogen) atoms. The predicted octanol–water partition coefficient (Wildman–Crippen LogP) is 3.44. The molecule has 1 aromatic carbocycles. The van der Waals surface area contributed by atoms with Crippen LogP contribution in [0.2, 0.25) is 0 Å². The van der Waals surface area contributed by atoms with Gasteiger partial charge < -0.3 is 5.11 Å². The highest BCUT2D eigenvalue weighted by atomic mass is 19.4. The molecule has 1 aliphatic heterocycles. The highest BCUT2D eigenvalue weighted by Crippen LogP contribution is 2.34. The molecule has 0 spiro atoms. The fraction of sp³-hybridized carbons (Fsp3) is 0.538. The molecule has 112 valence electrons. The van der Waals surface area contributed by atoms with Gasteiger partial charge in [-0.05, 0) is 43.6 Å². The average Bonchev–Trinajstić information content (AvgIpc) is 2.35. The third kappa shape index (κ3) is 3.39. The zero-order valence-electron chi connectivity index (χ0n) is 10.6. The first-order valence-electron chi connectivity index (χ1n) is 6.23. The van der Waals surface area contributed by atoms with Crippen LogP contribution in [0.5, 0.6) is 5.75 Å². The predicted molar refractivity (Wildman–Crippen MR) is 62.1 cm³/mol. The number of halogens is 5. The molecule has 0 atom stereocenters. The average molecular weight is 295 g/mol. The van der Waals surface area contributed by atoms with Gasteiger partial charge in [0.15, 0.2) is 17.4 Å². The third-order valence-electron chi connectivity index (χ3n) is 3.53. The van der Waals surface area contributed by atoms with Crippen LogP contribution in [-0.2, 0) is 6.54 Å². The summed E-state index contributed by atoms with van der Waals surface area (Å²) in [5, 5.41) is 8.97. The van der Waals surface area contributed by atoms with Gasteiger partial charge in [0.25, 0.3) is 0 Å². The fourth-order valence-electron chi connectivity index (χ4n) is 2.39. The van der Waals surface area contributed by atoms with E-state index < -0.39 is 29.5 Å². The molecule has 1 heterocycles. The molecule has 0 saturated carbocycles. The molecule has 2 rings (SSSR count). The number of piperidine rings is 1. The van der Waals surface area contributed by atoms with E-state index in [1.807, 2.05) is 0 Å². The summed E-state index contributed by atoms with van der Waals surface area (Å²) in [7, 11) is 0. The van der Waals surface area contributed by atoms with Gasteiger partial charge in [-0.1, -0.05) is 0 Å². The number of likely N-dealkylation sites (tertiary alicyclic amines) is 1. The number of aromatic hydroxyl groups is 1. The number of alkyl halides is 3. The molecule has 1 fully saturated rings. The van der Waals surface area contributed by atoms with E-state index in [4.69, 9.17) is 5.11 Å². The van der Waals surface area contributed by atoms with E-state index in [1.165, 1.54) is 0 Å². The van der Waals surface area contributed by atoms with Crippen LogP contribution in [0.3, 0.4) is 0 Å². The van der Waals surface area contributed by atoms with Crippen molar-refractivity contribution >= 4 is 0 Å². The van der Waals surface area contributed by atoms with E-state index in [-0.39, 0.29) is 32.5 Å². The molecule has 1 aromatic rings. The molecule has 0 aromatic heterocycles. The van der Waals surface area contributed by atoms with Gasteiger partial charge in [-0.2, -0.15) is 13.2 Å². The quantitative estimate of drug-likeness (QED) is 0.845. The number of phenolic OH excluding ortho intramolecular Hbond substituents is 1. The van der Waals surface area contributed by atoms with Crippen LogP contribution in [-0.4, -0.2) is 29.3 Å². The number of hydrogen-bond donors (Lipinski definition) is 1. The van der Waals surface area contributed by atoms with Crippen molar-refractivity contribution in [1.82, 2.24) is 4.90 Å². The summed E-state index contributed by atoms with van der Waals surface area (Å²) in [6.45, 7) is 0.626. The zero-order valence-corrected chi connectivity index (χ0v) is 10.6. The van der Waals surface area contributed by atoms with E-state index in [1.54, 1.807) is 4.90 Å². The van der Waals surface area contributed by atoms with Crippen LogP contribution in [0.1, 0.15) is 18.4 Å². The van der Waals surface area contributed by atoms with E-state index in [9.17, 15) is 22.0 Å². The van der Waals surface area contributed by atoms with Gasteiger partial charge in [-0.3, -0.25) is 4.90 Å². The first-order valence-corrected chi connectivity index (χ1v) is 6.23. The monoisotopic (exact) mass is 295 g/mol. The maximum Gasteiger partial charge on any atom is 0.391 e. The van der Waals surface area contributed by atoms with Gasteiger partial charge in [0.1, 0.15) is 0 Å². The second-order valence-corrected chi connectivity index (χ2v) is 5.00. The molecule has 0 aliphatic carbocycles. The Kier molecular flexibility index (Phi) is 4.17. The van der Waals surface area contributed by atoms with Crippen LogP contribution in [0, 0.1) is 17.6 Å². The summed E-state index contributed by atoms with van der Waals surface area (Å²) < 4.78 is 63.8. The lowest BCUT2D eigenvalue weighted by molar-refractivity contribution is -0.185. The van der Waals surface area contributed by atoms with Crippen LogP contribution in [0.15, 0.2) is 12.1 Å². The second-order valence-electron chi connectivity index (χ2n) is 5.00. The van der Waals surface area contributed by atoms with E-state index in [0.29, 0.717) is 5.56 Å². The van der Waals surface area contributed by atoms with Crippen molar-refractivity contribution < 1.29 is 27.1 Å². The van der Waals surface area contributed by atoms with Crippen molar-refractivity contribution in [1.29, 1.82) is 0 Å². The van der Waals surface area contributed by atoms with E-state index in [2.05, 4.69) is 0 Å². The van der Waals surface area contributed by atoms with Crippen molar-refractivity contribution in [3.8, 4) is 5.75 Å². The number of benzene rings is 1. The van der Waals surface area contributed by atoms with E-state index in [0.717, 1.165) is 12.1 Å². The third-order valence-corrected chi connectivity index (χ3v) is 3.53. The Bertz CT molecular complexity index is 457. The number of rotatable bonds is 2. The minimum absolute atomic E-state index is 0.00739. The highest BCUT2D eigenvalue weighted by Gasteiger charge is 2.40. The molecule has 0 amide bonds. The molecule has 7 heteroatoms. The Balaban J connectivity index is 1.96. The summed E-state index contributed by atoms with van der Waals surface area (Å²) >= 11 is 0. The highest BCUT2D eigenvalue weighted by molar-refractivity contribution is 5.30. The first kappa shape index (κ1) is 15.0. The van der Waals surface area contributed by atoms with Crippen molar-refractivity contribution in [3.05, 3.63) is 29.3 Å². The summed E-state index contributed by atoms with van der Waals surface area (Å²) in [5.41, 5.74) is 0.295. The summed E-state index contributed by atoms with van der Waals surface area (Å²) in [4.78, 5) is 1.72. The molecular formula is C13H14F5NO. The lowest BCUT2D eigenvalue weighted by Gasteiger charge is -2.32. The molecule has 1 saturated heterocycles. The zero-order chi connectivity index (χ0) is 14.9. The molecule has 1 aliphatic rings. The lowest BCUT2D eigenvalue weighted by Crippen LogP contribution is -2.38. The van der Waals surface area contributed by atoms with Crippen LogP contribution in [0.25, 0.3) is 0 Å². The van der Waals surface area contributed by atoms with Gasteiger partial charge in [-0.15, -0.1) is 0 Å². The van der Waals surface area contributed by atoms with Crippen LogP contribution >= 0.6 is 0 Å². The van der Waals surface area contributed by atoms with Crippen LogP contribution < -0.4 is 0 Å². The first-order chi connectivity index (χ1) is 9.27. The van der Waals surface area contributed by atoms with Crippen molar-refractivity contribution in [2.75, 3.05) is 13.1 Å². The Morgan fingerprint density at radius 1 is 1.10 bits per heavy atom. The Morgan fingerprint density at radius 2 is 1.60 bits per heavy atom. The second kappa shape index (κ2) is 5.55. The minimum atomic E-state index is -4.18. The molecule has 1 N–H and O–H groups in total. The Morgan fingerprint density at radius 3 is 2.05 bits per heavy atom.